The molecule has 0 amide bonds. The largest absolute Gasteiger partial charge is 0.493 e. The number of thiazole rings is 1. The predicted molar refractivity (Wildman–Crippen MR) is 129 cm³/mol. The lowest BCUT2D eigenvalue weighted by atomic mass is 10.0. The Morgan fingerprint density at radius 1 is 1.24 bits per heavy atom. The monoisotopic (exact) mass is 498 g/mol. The lowest BCUT2D eigenvalue weighted by Gasteiger charge is -2.23. The molecule has 4 rings (SSSR count). The van der Waals surface area contributed by atoms with Crippen molar-refractivity contribution in [2.24, 2.45) is 4.99 Å². The minimum atomic E-state index is -0.643. The SMILES string of the molecule is CCOC(=O)C1=C(C)N=c2sc(=Cc3cccc(OC)c3OC(C)=O)c(=O)n2C1c1cccs1. The van der Waals surface area contributed by atoms with Crippen LogP contribution in [0.1, 0.15) is 37.3 Å². The van der Waals surface area contributed by atoms with Crippen molar-refractivity contribution in [1.82, 2.24) is 4.57 Å². The van der Waals surface area contributed by atoms with Crippen LogP contribution in [0.3, 0.4) is 0 Å². The molecule has 0 aliphatic carbocycles. The summed E-state index contributed by atoms with van der Waals surface area (Å²) in [5.74, 6) is -0.412. The van der Waals surface area contributed by atoms with Crippen LogP contribution in [0, 0.1) is 0 Å². The van der Waals surface area contributed by atoms with Crippen molar-refractivity contribution in [1.29, 1.82) is 0 Å². The van der Waals surface area contributed by atoms with E-state index in [1.807, 2.05) is 17.5 Å². The topological polar surface area (TPSA) is 96.2 Å². The van der Waals surface area contributed by atoms with Crippen LogP contribution >= 0.6 is 22.7 Å². The van der Waals surface area contributed by atoms with Crippen LogP contribution in [0.4, 0.5) is 0 Å². The highest BCUT2D eigenvalue weighted by Gasteiger charge is 2.33. The molecule has 0 spiro atoms. The summed E-state index contributed by atoms with van der Waals surface area (Å²) in [5.41, 5.74) is 1.04. The molecule has 1 aliphatic heterocycles. The Kier molecular flexibility index (Phi) is 6.80. The van der Waals surface area contributed by atoms with E-state index in [2.05, 4.69) is 4.99 Å². The molecule has 176 valence electrons. The maximum absolute atomic E-state index is 13.6. The second kappa shape index (κ2) is 9.78. The summed E-state index contributed by atoms with van der Waals surface area (Å²) in [6.07, 6.45) is 1.64. The number of carbonyl (C=O) groups is 2. The van der Waals surface area contributed by atoms with Crippen LogP contribution in [-0.4, -0.2) is 30.2 Å². The minimum absolute atomic E-state index is 0.214. The molecule has 1 atom stereocenters. The van der Waals surface area contributed by atoms with Gasteiger partial charge in [-0.05, 0) is 37.4 Å². The summed E-state index contributed by atoms with van der Waals surface area (Å²) in [5, 5.41) is 1.89. The summed E-state index contributed by atoms with van der Waals surface area (Å²) in [6.45, 7) is 4.99. The lowest BCUT2D eigenvalue weighted by Crippen LogP contribution is -2.39. The van der Waals surface area contributed by atoms with Gasteiger partial charge in [-0.3, -0.25) is 14.2 Å². The van der Waals surface area contributed by atoms with Crippen molar-refractivity contribution in [2.45, 2.75) is 26.8 Å². The quantitative estimate of drug-likeness (QED) is 0.383. The van der Waals surface area contributed by atoms with Gasteiger partial charge in [0, 0.05) is 17.4 Å². The zero-order chi connectivity index (χ0) is 24.4. The Balaban J connectivity index is 1.94. The Morgan fingerprint density at radius 2 is 2.03 bits per heavy atom. The smallest absolute Gasteiger partial charge is 0.338 e. The fourth-order valence-corrected chi connectivity index (χ4v) is 5.57. The number of nitrogens with zero attached hydrogens (tertiary/aromatic N) is 2. The summed E-state index contributed by atoms with van der Waals surface area (Å²) in [7, 11) is 1.47. The Labute approximate surface area is 203 Å². The zero-order valence-corrected chi connectivity index (χ0v) is 20.6. The van der Waals surface area contributed by atoms with E-state index in [9.17, 15) is 14.4 Å². The van der Waals surface area contributed by atoms with Gasteiger partial charge in [-0.1, -0.05) is 29.5 Å². The first kappa shape index (κ1) is 23.7. The Morgan fingerprint density at radius 3 is 2.68 bits per heavy atom. The van der Waals surface area contributed by atoms with Crippen LogP contribution in [0.2, 0.25) is 0 Å². The summed E-state index contributed by atoms with van der Waals surface area (Å²) >= 11 is 2.64. The number of benzene rings is 1. The molecule has 34 heavy (non-hydrogen) atoms. The first-order valence-electron chi connectivity index (χ1n) is 10.4. The molecule has 8 nitrogen and oxygen atoms in total. The van der Waals surface area contributed by atoms with Gasteiger partial charge in [-0.25, -0.2) is 9.79 Å². The Bertz CT molecular complexity index is 1460. The summed E-state index contributed by atoms with van der Waals surface area (Å²) in [6, 6.07) is 8.25. The third-order valence-corrected chi connectivity index (χ3v) is 7.00. The van der Waals surface area contributed by atoms with Crippen molar-refractivity contribution in [3.63, 3.8) is 0 Å². The maximum atomic E-state index is 13.6. The number of carbonyl (C=O) groups excluding carboxylic acids is 2. The number of thiophene rings is 1. The molecule has 2 aromatic heterocycles. The number of para-hydroxylation sites is 1. The first-order valence-corrected chi connectivity index (χ1v) is 12.1. The van der Waals surface area contributed by atoms with Gasteiger partial charge in [0.2, 0.25) is 0 Å². The maximum Gasteiger partial charge on any atom is 0.338 e. The molecule has 1 aromatic carbocycles. The number of rotatable bonds is 6. The number of esters is 2. The van der Waals surface area contributed by atoms with E-state index in [0.29, 0.717) is 31.9 Å². The molecule has 10 heteroatoms. The molecular weight excluding hydrogens is 476 g/mol. The van der Waals surface area contributed by atoms with Crippen LogP contribution in [0.5, 0.6) is 11.5 Å². The van der Waals surface area contributed by atoms with E-state index in [1.54, 1.807) is 38.1 Å². The average Bonchev–Trinajstić information content (AvgIpc) is 3.42. The summed E-state index contributed by atoms with van der Waals surface area (Å²) < 4.78 is 17.9. The Hall–Kier alpha value is -3.50. The van der Waals surface area contributed by atoms with Crippen molar-refractivity contribution in [3.8, 4) is 11.5 Å². The van der Waals surface area contributed by atoms with Gasteiger partial charge in [0.1, 0.15) is 6.04 Å². The third-order valence-electron chi connectivity index (χ3n) is 5.09. The number of fused-ring (bicyclic) bond motifs is 1. The molecule has 0 saturated carbocycles. The highest BCUT2D eigenvalue weighted by molar-refractivity contribution is 7.10. The second-order valence-corrected chi connectivity index (χ2v) is 9.28. The fraction of sp³-hybridized carbons (Fsp3) is 0.250. The molecule has 0 radical (unpaired) electrons. The minimum Gasteiger partial charge on any atom is -0.493 e. The van der Waals surface area contributed by atoms with Crippen molar-refractivity contribution in [2.75, 3.05) is 13.7 Å². The number of hydrogen-bond donors (Lipinski definition) is 0. The second-order valence-electron chi connectivity index (χ2n) is 7.29. The number of methoxy groups -OCH3 is 1. The van der Waals surface area contributed by atoms with E-state index in [1.165, 1.54) is 41.3 Å². The van der Waals surface area contributed by atoms with Crippen molar-refractivity contribution < 1.29 is 23.8 Å². The van der Waals surface area contributed by atoms with E-state index < -0.39 is 18.0 Å². The third kappa shape index (κ3) is 4.34. The molecule has 1 aliphatic rings. The molecular formula is C24H22N2O6S2. The van der Waals surface area contributed by atoms with Gasteiger partial charge in [-0.2, -0.15) is 0 Å². The highest BCUT2D eigenvalue weighted by Crippen LogP contribution is 2.34. The van der Waals surface area contributed by atoms with E-state index >= 15 is 0 Å². The highest BCUT2D eigenvalue weighted by atomic mass is 32.1. The lowest BCUT2D eigenvalue weighted by molar-refractivity contribution is -0.139. The zero-order valence-electron chi connectivity index (χ0n) is 19.0. The molecule has 1 unspecified atom stereocenters. The number of aromatic nitrogens is 1. The molecule has 0 bridgehead atoms. The van der Waals surface area contributed by atoms with Gasteiger partial charge in [0.15, 0.2) is 16.3 Å². The number of allylic oxidation sites excluding steroid dienone is 1. The van der Waals surface area contributed by atoms with Crippen LogP contribution in [-0.2, 0) is 14.3 Å². The number of ether oxygens (including phenoxy) is 3. The van der Waals surface area contributed by atoms with Gasteiger partial charge >= 0.3 is 11.9 Å². The van der Waals surface area contributed by atoms with Crippen LogP contribution < -0.4 is 24.4 Å². The average molecular weight is 499 g/mol. The predicted octanol–water partition coefficient (Wildman–Crippen LogP) is 2.79. The van der Waals surface area contributed by atoms with E-state index in [4.69, 9.17) is 14.2 Å². The molecule has 0 saturated heterocycles. The standard InChI is InChI=1S/C24H22N2O6S2/c1-5-31-23(29)19-13(2)25-24-26(20(19)17-10-7-11-33-17)22(28)18(34-24)12-15-8-6-9-16(30-4)21(15)32-14(3)27/h6-12,20H,5H2,1-4H3. The number of hydrogen-bond acceptors (Lipinski definition) is 9. The molecule has 0 fully saturated rings. The van der Waals surface area contributed by atoms with E-state index in [0.717, 1.165) is 4.88 Å². The summed E-state index contributed by atoms with van der Waals surface area (Å²) in [4.78, 5) is 44.0. The van der Waals surface area contributed by atoms with Crippen molar-refractivity contribution >= 4 is 40.7 Å². The van der Waals surface area contributed by atoms with Gasteiger partial charge in [-0.15, -0.1) is 11.3 Å². The van der Waals surface area contributed by atoms with Crippen LogP contribution in [0.25, 0.3) is 6.08 Å². The van der Waals surface area contributed by atoms with Gasteiger partial charge in [0.25, 0.3) is 5.56 Å². The van der Waals surface area contributed by atoms with Crippen LogP contribution in [0.15, 0.2) is 56.8 Å². The normalized spacial score (nSPS) is 15.5. The van der Waals surface area contributed by atoms with E-state index in [-0.39, 0.29) is 17.9 Å². The molecule has 3 heterocycles. The first-order chi connectivity index (χ1) is 16.3. The van der Waals surface area contributed by atoms with Gasteiger partial charge in [0.05, 0.1) is 29.5 Å². The molecule has 3 aromatic rings. The van der Waals surface area contributed by atoms with Gasteiger partial charge < -0.3 is 14.2 Å². The fourth-order valence-electron chi connectivity index (χ4n) is 3.71. The molecule has 0 N–H and O–H groups in total. The van der Waals surface area contributed by atoms with Crippen molar-refractivity contribution in [3.05, 3.63) is 77.1 Å².